The van der Waals surface area contributed by atoms with Gasteiger partial charge in [0, 0.05) is 11.1 Å². The number of nitrogens with two attached hydrogens (primary N) is 1. The molecule has 21 heavy (non-hydrogen) atoms. The van der Waals surface area contributed by atoms with Gasteiger partial charge < -0.3 is 5.73 Å². The summed E-state index contributed by atoms with van der Waals surface area (Å²) in [6, 6.07) is 12.5. The Morgan fingerprint density at radius 1 is 1.10 bits per heavy atom. The Balaban J connectivity index is 2.17. The Morgan fingerprint density at radius 3 is 2.29 bits per heavy atom. The van der Waals surface area contributed by atoms with Gasteiger partial charge in [-0.15, -0.1) is 0 Å². The normalized spacial score (nSPS) is 13.2. The van der Waals surface area contributed by atoms with Crippen LogP contribution in [0.25, 0.3) is 0 Å². The van der Waals surface area contributed by atoms with E-state index in [0.29, 0.717) is 17.0 Å². The van der Waals surface area contributed by atoms with Crippen molar-refractivity contribution in [3.63, 3.8) is 0 Å². The molecule has 2 aromatic rings. The average Bonchev–Trinajstić information content (AvgIpc) is 2.42. The maximum Gasteiger partial charge on any atom is 0.126 e. The van der Waals surface area contributed by atoms with Gasteiger partial charge in [0.2, 0.25) is 0 Å². The minimum atomic E-state index is -0.263. The fraction of sp³-hybridized carbons (Fsp3) is 0.333. The first-order chi connectivity index (χ1) is 9.77. The van der Waals surface area contributed by atoms with E-state index in [-0.39, 0.29) is 17.3 Å². The van der Waals surface area contributed by atoms with Crippen molar-refractivity contribution in [3.8, 4) is 0 Å². The van der Waals surface area contributed by atoms with Crippen LogP contribution in [0.5, 0.6) is 0 Å². The van der Waals surface area contributed by atoms with Crippen molar-refractivity contribution in [1.82, 2.24) is 0 Å². The van der Waals surface area contributed by atoms with Gasteiger partial charge in [0.05, 0.1) is 0 Å². The van der Waals surface area contributed by atoms with Crippen molar-refractivity contribution in [1.29, 1.82) is 0 Å². The van der Waals surface area contributed by atoms with E-state index in [9.17, 15) is 4.39 Å². The van der Waals surface area contributed by atoms with Crippen molar-refractivity contribution < 1.29 is 4.39 Å². The highest BCUT2D eigenvalue weighted by molar-refractivity contribution is 6.30. The quantitative estimate of drug-likeness (QED) is 0.846. The van der Waals surface area contributed by atoms with E-state index >= 15 is 0 Å². The molecule has 0 fully saturated rings. The molecule has 1 atom stereocenters. The molecule has 0 radical (unpaired) electrons. The van der Waals surface area contributed by atoms with Crippen molar-refractivity contribution in [2.45, 2.75) is 38.6 Å². The zero-order valence-electron chi connectivity index (χ0n) is 12.7. The Bertz CT molecular complexity index is 614. The molecule has 2 aromatic carbocycles. The van der Waals surface area contributed by atoms with Crippen molar-refractivity contribution in [2.24, 2.45) is 5.73 Å². The van der Waals surface area contributed by atoms with Gasteiger partial charge in [-0.3, -0.25) is 0 Å². The van der Waals surface area contributed by atoms with Gasteiger partial charge in [0.15, 0.2) is 0 Å². The van der Waals surface area contributed by atoms with E-state index in [4.69, 9.17) is 17.3 Å². The van der Waals surface area contributed by atoms with Crippen LogP contribution in [-0.4, -0.2) is 0 Å². The minimum absolute atomic E-state index is 0.113. The standard InChI is InChI=1S/C18H21ClFN/c1-18(2,3)14-6-4-12(5-7-14)17(21)11-13-10-15(19)8-9-16(13)20/h4-10,17H,11,21H2,1-3H3. The van der Waals surface area contributed by atoms with Gasteiger partial charge in [0.25, 0.3) is 0 Å². The first-order valence-electron chi connectivity index (χ1n) is 7.07. The topological polar surface area (TPSA) is 26.0 Å². The second-order valence-electron chi connectivity index (χ2n) is 6.42. The summed E-state index contributed by atoms with van der Waals surface area (Å²) >= 11 is 5.91. The Labute approximate surface area is 130 Å². The Kier molecular flexibility index (Phi) is 4.70. The molecule has 0 amide bonds. The molecule has 0 spiro atoms. The van der Waals surface area contributed by atoms with Crippen LogP contribution < -0.4 is 5.73 Å². The molecule has 112 valence electrons. The molecule has 0 aromatic heterocycles. The molecule has 1 unspecified atom stereocenters. The van der Waals surface area contributed by atoms with E-state index in [0.717, 1.165) is 5.56 Å². The van der Waals surface area contributed by atoms with Gasteiger partial charge in [-0.05, 0) is 46.7 Å². The lowest BCUT2D eigenvalue weighted by atomic mass is 9.86. The largest absolute Gasteiger partial charge is 0.324 e. The number of rotatable bonds is 3. The van der Waals surface area contributed by atoms with E-state index in [1.165, 1.54) is 11.6 Å². The SMILES string of the molecule is CC(C)(C)c1ccc(C(N)Cc2cc(Cl)ccc2F)cc1. The predicted molar refractivity (Wildman–Crippen MR) is 87.2 cm³/mol. The predicted octanol–water partition coefficient (Wildman–Crippen LogP) is 5.02. The van der Waals surface area contributed by atoms with Gasteiger partial charge in [-0.2, -0.15) is 0 Å². The molecule has 0 bridgehead atoms. The molecule has 0 aliphatic heterocycles. The third-order valence-electron chi connectivity index (χ3n) is 3.65. The van der Waals surface area contributed by atoms with Crippen molar-refractivity contribution >= 4 is 11.6 Å². The summed E-state index contributed by atoms with van der Waals surface area (Å²) in [6.45, 7) is 6.51. The highest BCUT2D eigenvalue weighted by Gasteiger charge is 2.15. The number of benzene rings is 2. The van der Waals surface area contributed by atoms with E-state index < -0.39 is 0 Å². The zero-order valence-corrected chi connectivity index (χ0v) is 13.4. The third-order valence-corrected chi connectivity index (χ3v) is 3.89. The minimum Gasteiger partial charge on any atom is -0.324 e. The summed E-state index contributed by atoms with van der Waals surface area (Å²) in [5.74, 6) is -0.263. The van der Waals surface area contributed by atoms with Crippen LogP contribution in [0.15, 0.2) is 42.5 Å². The molecular weight excluding hydrogens is 285 g/mol. The van der Waals surface area contributed by atoms with Crippen molar-refractivity contribution in [2.75, 3.05) is 0 Å². The second-order valence-corrected chi connectivity index (χ2v) is 6.85. The molecular formula is C18H21ClFN. The van der Waals surface area contributed by atoms with Crippen LogP contribution in [0.2, 0.25) is 5.02 Å². The maximum atomic E-state index is 13.8. The lowest BCUT2D eigenvalue weighted by Crippen LogP contribution is -2.15. The average molecular weight is 306 g/mol. The lowest BCUT2D eigenvalue weighted by Gasteiger charge is -2.20. The first kappa shape index (κ1) is 16.0. The molecule has 0 saturated carbocycles. The summed E-state index contributed by atoms with van der Waals surface area (Å²) < 4.78 is 13.8. The molecule has 1 nitrogen and oxygen atoms in total. The fourth-order valence-electron chi connectivity index (χ4n) is 2.28. The van der Waals surface area contributed by atoms with Crippen LogP contribution >= 0.6 is 11.6 Å². The second kappa shape index (κ2) is 6.17. The Morgan fingerprint density at radius 2 is 1.71 bits per heavy atom. The molecule has 0 saturated heterocycles. The van der Waals surface area contributed by atoms with E-state index in [1.807, 2.05) is 12.1 Å². The fourth-order valence-corrected chi connectivity index (χ4v) is 2.48. The molecule has 2 rings (SSSR count). The van der Waals surface area contributed by atoms with Crippen molar-refractivity contribution in [3.05, 3.63) is 70.0 Å². The monoisotopic (exact) mass is 305 g/mol. The maximum absolute atomic E-state index is 13.8. The molecule has 0 heterocycles. The summed E-state index contributed by atoms with van der Waals surface area (Å²) in [6.07, 6.45) is 0.432. The zero-order chi connectivity index (χ0) is 15.6. The summed E-state index contributed by atoms with van der Waals surface area (Å²) in [4.78, 5) is 0. The van der Waals surface area contributed by atoms with Gasteiger partial charge in [-0.1, -0.05) is 56.6 Å². The van der Waals surface area contributed by atoms with E-state index in [2.05, 4.69) is 32.9 Å². The lowest BCUT2D eigenvalue weighted by molar-refractivity contribution is 0.586. The molecule has 3 heteroatoms. The van der Waals surface area contributed by atoms with Gasteiger partial charge in [0.1, 0.15) is 5.82 Å². The highest BCUT2D eigenvalue weighted by atomic mass is 35.5. The summed E-state index contributed by atoms with van der Waals surface area (Å²) in [5.41, 5.74) is 9.12. The Hall–Kier alpha value is -1.38. The number of halogens is 2. The van der Waals surface area contributed by atoms with Crippen LogP contribution in [0, 0.1) is 5.82 Å². The third kappa shape index (κ3) is 4.05. The number of hydrogen-bond donors (Lipinski definition) is 1. The summed E-state index contributed by atoms with van der Waals surface area (Å²) in [5, 5.41) is 0.529. The van der Waals surface area contributed by atoms with Crippen LogP contribution in [0.3, 0.4) is 0 Å². The molecule has 0 aliphatic carbocycles. The molecule has 2 N–H and O–H groups in total. The van der Waals surface area contributed by atoms with Gasteiger partial charge >= 0.3 is 0 Å². The van der Waals surface area contributed by atoms with Crippen LogP contribution in [0.1, 0.15) is 43.5 Å². The highest BCUT2D eigenvalue weighted by Crippen LogP contribution is 2.25. The summed E-state index contributed by atoms with van der Waals surface area (Å²) in [7, 11) is 0. The number of hydrogen-bond acceptors (Lipinski definition) is 1. The smallest absolute Gasteiger partial charge is 0.126 e. The van der Waals surface area contributed by atoms with Crippen LogP contribution in [0.4, 0.5) is 4.39 Å². The van der Waals surface area contributed by atoms with Gasteiger partial charge in [-0.25, -0.2) is 4.39 Å². The first-order valence-corrected chi connectivity index (χ1v) is 7.45. The molecule has 0 aliphatic rings. The van der Waals surface area contributed by atoms with E-state index in [1.54, 1.807) is 12.1 Å². The van der Waals surface area contributed by atoms with Crippen LogP contribution in [-0.2, 0) is 11.8 Å².